The summed E-state index contributed by atoms with van der Waals surface area (Å²) in [5.41, 5.74) is 3.80. The topological polar surface area (TPSA) is 26.3 Å². The van der Waals surface area contributed by atoms with Gasteiger partial charge in [0, 0.05) is 6.92 Å². The Hall–Kier alpha value is -1.57. The van der Waals surface area contributed by atoms with Crippen LogP contribution in [0.15, 0.2) is 35.9 Å². The molecule has 0 saturated carbocycles. The van der Waals surface area contributed by atoms with Crippen molar-refractivity contribution in [2.75, 3.05) is 6.61 Å². The smallest absolute Gasteiger partial charge is 0.302 e. The number of esters is 1. The lowest BCUT2D eigenvalue weighted by Gasteiger charge is -2.11. The Labute approximate surface area is 116 Å². The third-order valence-corrected chi connectivity index (χ3v) is 3.24. The quantitative estimate of drug-likeness (QED) is 0.560. The molecule has 0 radical (unpaired) electrons. The molecule has 104 valence electrons. The number of aryl methyl sites for hydroxylation is 1. The van der Waals surface area contributed by atoms with Crippen molar-refractivity contribution >= 4 is 5.97 Å². The summed E-state index contributed by atoms with van der Waals surface area (Å²) in [4.78, 5) is 10.7. The Morgan fingerprint density at radius 3 is 2.47 bits per heavy atom. The zero-order valence-corrected chi connectivity index (χ0v) is 12.4. The van der Waals surface area contributed by atoms with Crippen LogP contribution in [0.1, 0.15) is 50.7 Å². The van der Waals surface area contributed by atoms with Crippen LogP contribution in [0, 0.1) is 6.92 Å². The second kappa shape index (κ2) is 7.78. The molecule has 2 nitrogen and oxygen atoms in total. The van der Waals surface area contributed by atoms with E-state index in [1.54, 1.807) is 0 Å². The minimum atomic E-state index is -0.222. The van der Waals surface area contributed by atoms with Crippen molar-refractivity contribution in [2.45, 2.75) is 46.5 Å². The van der Waals surface area contributed by atoms with Crippen LogP contribution in [0.2, 0.25) is 0 Å². The van der Waals surface area contributed by atoms with Crippen molar-refractivity contribution in [3.63, 3.8) is 0 Å². The molecule has 0 spiro atoms. The lowest BCUT2D eigenvalue weighted by Crippen LogP contribution is -2.01. The molecule has 1 aromatic carbocycles. The molecule has 1 aromatic rings. The molecule has 19 heavy (non-hydrogen) atoms. The van der Waals surface area contributed by atoms with Crippen LogP contribution in [0.5, 0.6) is 0 Å². The number of allylic oxidation sites excluding steroid dienone is 1. The van der Waals surface area contributed by atoms with E-state index in [0.717, 1.165) is 18.4 Å². The molecule has 0 aromatic heterocycles. The van der Waals surface area contributed by atoms with Crippen molar-refractivity contribution in [1.82, 2.24) is 0 Å². The highest BCUT2D eigenvalue weighted by molar-refractivity contribution is 5.66. The molecule has 0 N–H and O–H groups in total. The molecule has 0 unspecified atom stereocenters. The maximum Gasteiger partial charge on any atom is 0.302 e. The van der Waals surface area contributed by atoms with E-state index < -0.39 is 0 Å². The number of carbonyl (C=O) groups is 1. The molecule has 0 aliphatic heterocycles. The first kappa shape index (κ1) is 15.5. The van der Waals surface area contributed by atoms with Gasteiger partial charge in [-0.3, -0.25) is 4.79 Å². The highest BCUT2D eigenvalue weighted by atomic mass is 16.5. The maximum atomic E-state index is 10.7. The first-order valence-corrected chi connectivity index (χ1v) is 6.84. The van der Waals surface area contributed by atoms with Gasteiger partial charge in [-0.1, -0.05) is 42.8 Å². The van der Waals surface area contributed by atoms with Crippen LogP contribution in [0.3, 0.4) is 0 Å². The molecule has 0 amide bonds. The summed E-state index contributed by atoms with van der Waals surface area (Å²) < 4.78 is 4.95. The summed E-state index contributed by atoms with van der Waals surface area (Å²) in [7, 11) is 0. The van der Waals surface area contributed by atoms with Gasteiger partial charge < -0.3 is 4.74 Å². The molecule has 0 aliphatic rings. The minimum absolute atomic E-state index is 0.222. The predicted octanol–water partition coefficient (Wildman–Crippen LogP) is 4.39. The molecule has 0 aliphatic carbocycles. The Bertz CT molecular complexity index is 429. The number of carbonyl (C=O) groups excluding carboxylic acids is 1. The van der Waals surface area contributed by atoms with Crippen molar-refractivity contribution in [1.29, 1.82) is 0 Å². The predicted molar refractivity (Wildman–Crippen MR) is 79.2 cm³/mol. The second-order valence-corrected chi connectivity index (χ2v) is 5.22. The van der Waals surface area contributed by atoms with Gasteiger partial charge in [0.25, 0.3) is 0 Å². The van der Waals surface area contributed by atoms with Gasteiger partial charge in [0.1, 0.15) is 6.61 Å². The van der Waals surface area contributed by atoms with Crippen molar-refractivity contribution in [3.05, 3.63) is 47.0 Å². The normalized spacial score (nSPS) is 13.2. The Kier molecular flexibility index (Phi) is 6.34. The summed E-state index contributed by atoms with van der Waals surface area (Å²) in [5.74, 6) is 0.333. The SMILES string of the molecule is CC(=O)OC/C(C)=C/CC[C@H](C)c1ccc(C)cc1. The summed E-state index contributed by atoms with van der Waals surface area (Å²) >= 11 is 0. The minimum Gasteiger partial charge on any atom is -0.461 e. The van der Waals surface area contributed by atoms with Crippen LogP contribution in [0.4, 0.5) is 0 Å². The van der Waals surface area contributed by atoms with Gasteiger partial charge in [-0.25, -0.2) is 0 Å². The zero-order chi connectivity index (χ0) is 14.3. The number of benzene rings is 1. The Morgan fingerprint density at radius 2 is 1.89 bits per heavy atom. The molecule has 1 atom stereocenters. The van der Waals surface area contributed by atoms with Gasteiger partial charge in [0.05, 0.1) is 0 Å². The van der Waals surface area contributed by atoms with Gasteiger partial charge in [0.15, 0.2) is 0 Å². The first-order valence-electron chi connectivity index (χ1n) is 6.84. The first-order chi connectivity index (χ1) is 8.99. The molecule has 0 bridgehead atoms. The van der Waals surface area contributed by atoms with Gasteiger partial charge in [-0.15, -0.1) is 0 Å². The van der Waals surface area contributed by atoms with Crippen molar-refractivity contribution in [3.8, 4) is 0 Å². The van der Waals surface area contributed by atoms with Gasteiger partial charge in [-0.2, -0.15) is 0 Å². The zero-order valence-electron chi connectivity index (χ0n) is 12.4. The average molecular weight is 260 g/mol. The van der Waals surface area contributed by atoms with Gasteiger partial charge >= 0.3 is 5.97 Å². The fourth-order valence-corrected chi connectivity index (χ4v) is 1.92. The van der Waals surface area contributed by atoms with E-state index in [4.69, 9.17) is 4.74 Å². The lowest BCUT2D eigenvalue weighted by molar-refractivity contribution is -0.139. The Balaban J connectivity index is 2.37. The third kappa shape index (κ3) is 6.23. The summed E-state index contributed by atoms with van der Waals surface area (Å²) in [6.45, 7) is 8.20. The molecular weight excluding hydrogens is 236 g/mol. The average Bonchev–Trinajstić information content (AvgIpc) is 2.37. The summed E-state index contributed by atoms with van der Waals surface area (Å²) in [6, 6.07) is 8.73. The number of hydrogen-bond acceptors (Lipinski definition) is 2. The fraction of sp³-hybridized carbons (Fsp3) is 0.471. The van der Waals surface area contributed by atoms with Gasteiger partial charge in [-0.05, 0) is 43.7 Å². The van der Waals surface area contributed by atoms with E-state index in [1.807, 2.05) is 6.92 Å². The molecule has 0 fully saturated rings. The highest BCUT2D eigenvalue weighted by Gasteiger charge is 2.04. The molecule has 0 saturated heterocycles. The summed E-state index contributed by atoms with van der Waals surface area (Å²) in [5, 5.41) is 0. The fourth-order valence-electron chi connectivity index (χ4n) is 1.92. The van der Waals surface area contributed by atoms with E-state index in [1.165, 1.54) is 18.1 Å². The molecular formula is C17H24O2. The van der Waals surface area contributed by atoms with E-state index in [2.05, 4.69) is 44.2 Å². The van der Waals surface area contributed by atoms with Gasteiger partial charge in [0.2, 0.25) is 0 Å². The number of rotatable bonds is 6. The molecule has 1 rings (SSSR count). The lowest BCUT2D eigenvalue weighted by atomic mass is 9.95. The van der Waals surface area contributed by atoms with Crippen LogP contribution < -0.4 is 0 Å². The highest BCUT2D eigenvalue weighted by Crippen LogP contribution is 2.21. The standard InChI is InChI=1S/C17H24O2/c1-13-8-10-17(11-9-13)15(3)7-5-6-14(2)12-19-16(4)18/h6,8-11,15H,5,7,12H2,1-4H3/b14-6+/t15-/m0/s1. The number of hydrogen-bond donors (Lipinski definition) is 0. The van der Waals surface area contributed by atoms with E-state index in [9.17, 15) is 4.79 Å². The van der Waals surface area contributed by atoms with Crippen LogP contribution in [0.25, 0.3) is 0 Å². The van der Waals surface area contributed by atoms with E-state index in [-0.39, 0.29) is 5.97 Å². The molecule has 0 heterocycles. The summed E-state index contributed by atoms with van der Waals surface area (Å²) in [6.07, 6.45) is 4.29. The van der Waals surface area contributed by atoms with Crippen molar-refractivity contribution in [2.24, 2.45) is 0 Å². The Morgan fingerprint density at radius 1 is 1.26 bits per heavy atom. The number of ether oxygens (including phenoxy) is 1. The van der Waals surface area contributed by atoms with Crippen LogP contribution in [-0.2, 0) is 9.53 Å². The van der Waals surface area contributed by atoms with Crippen LogP contribution in [-0.4, -0.2) is 12.6 Å². The van der Waals surface area contributed by atoms with E-state index >= 15 is 0 Å². The maximum absolute atomic E-state index is 10.7. The molecule has 2 heteroatoms. The van der Waals surface area contributed by atoms with Crippen molar-refractivity contribution < 1.29 is 9.53 Å². The third-order valence-electron chi connectivity index (χ3n) is 3.24. The van der Waals surface area contributed by atoms with Crippen LogP contribution >= 0.6 is 0 Å². The monoisotopic (exact) mass is 260 g/mol. The second-order valence-electron chi connectivity index (χ2n) is 5.22. The largest absolute Gasteiger partial charge is 0.461 e. The van der Waals surface area contributed by atoms with E-state index in [0.29, 0.717) is 12.5 Å².